The highest BCUT2D eigenvalue weighted by molar-refractivity contribution is 9.10. The van der Waals surface area contributed by atoms with Gasteiger partial charge < -0.3 is 9.84 Å². The van der Waals surface area contributed by atoms with E-state index in [1.54, 1.807) is 0 Å². The summed E-state index contributed by atoms with van der Waals surface area (Å²) in [5.41, 5.74) is 3.41. The lowest BCUT2D eigenvalue weighted by Crippen LogP contribution is -2.12. The summed E-state index contributed by atoms with van der Waals surface area (Å²) >= 11 is 3.56. The molecular weight excluding hydrogens is 280 g/mol. The third-order valence-corrected chi connectivity index (χ3v) is 3.24. The molecule has 0 aliphatic carbocycles. The summed E-state index contributed by atoms with van der Waals surface area (Å²) in [6, 6.07) is 8.30. The maximum Gasteiger partial charge on any atom is 0.150 e. The molecule has 1 heterocycles. The predicted molar refractivity (Wildman–Crippen MR) is 70.7 cm³/mol. The van der Waals surface area contributed by atoms with Gasteiger partial charge in [0.25, 0.3) is 0 Å². The normalized spacial score (nSPS) is 10.8. The first kappa shape index (κ1) is 12.3. The molecule has 3 nitrogen and oxygen atoms in total. The summed E-state index contributed by atoms with van der Waals surface area (Å²) < 4.78 is 6.27. The molecule has 0 aliphatic heterocycles. The van der Waals surface area contributed by atoms with Crippen molar-refractivity contribution in [1.82, 2.24) is 10.5 Å². The van der Waals surface area contributed by atoms with Crippen LogP contribution < -0.4 is 5.32 Å². The maximum absolute atomic E-state index is 5.13. The summed E-state index contributed by atoms with van der Waals surface area (Å²) in [6.07, 6.45) is 0. The zero-order valence-corrected chi connectivity index (χ0v) is 11.5. The van der Waals surface area contributed by atoms with Crippen LogP contribution >= 0.6 is 15.9 Å². The highest BCUT2D eigenvalue weighted by Gasteiger charge is 2.02. The van der Waals surface area contributed by atoms with Crippen molar-refractivity contribution in [3.63, 3.8) is 0 Å². The van der Waals surface area contributed by atoms with Crippen LogP contribution in [0.4, 0.5) is 0 Å². The molecule has 0 spiro atoms. The average Bonchev–Trinajstić information content (AvgIpc) is 2.68. The Hall–Kier alpha value is -1.13. The molecule has 2 rings (SSSR count). The number of aryl methyl sites for hydroxylation is 2. The highest BCUT2D eigenvalue weighted by atomic mass is 79.9. The molecule has 1 aromatic carbocycles. The number of hydrogen-bond acceptors (Lipinski definition) is 3. The Morgan fingerprint density at radius 3 is 2.71 bits per heavy atom. The molecule has 0 atom stereocenters. The molecule has 1 aromatic heterocycles. The van der Waals surface area contributed by atoms with Gasteiger partial charge in [-0.15, -0.1) is 0 Å². The Morgan fingerprint density at radius 1 is 1.24 bits per heavy atom. The molecule has 0 saturated carbocycles. The van der Waals surface area contributed by atoms with E-state index in [0.717, 1.165) is 22.5 Å². The molecule has 0 saturated heterocycles. The van der Waals surface area contributed by atoms with Crippen molar-refractivity contribution in [1.29, 1.82) is 0 Å². The van der Waals surface area contributed by atoms with Crippen molar-refractivity contribution < 1.29 is 4.52 Å². The second-order valence-corrected chi connectivity index (χ2v) is 4.99. The lowest BCUT2D eigenvalue weighted by Gasteiger charge is -2.06. The van der Waals surface area contributed by atoms with Crippen LogP contribution in [0.25, 0.3) is 0 Å². The Labute approximate surface area is 109 Å². The smallest absolute Gasteiger partial charge is 0.150 e. The Bertz CT molecular complexity index is 508. The van der Waals surface area contributed by atoms with Crippen LogP contribution in [0.5, 0.6) is 0 Å². The summed E-state index contributed by atoms with van der Waals surface area (Å²) in [5, 5.41) is 7.18. The molecule has 0 radical (unpaired) electrons. The molecular formula is C13H15BrN2O. The first-order chi connectivity index (χ1) is 8.15. The van der Waals surface area contributed by atoms with E-state index in [1.165, 1.54) is 11.1 Å². The fraction of sp³-hybridized carbons (Fsp3) is 0.308. The van der Waals surface area contributed by atoms with Crippen molar-refractivity contribution >= 4 is 15.9 Å². The van der Waals surface area contributed by atoms with Crippen LogP contribution in [-0.2, 0) is 13.1 Å². The molecule has 1 N–H and O–H groups in total. The van der Waals surface area contributed by atoms with Gasteiger partial charge in [0, 0.05) is 17.1 Å². The van der Waals surface area contributed by atoms with Crippen LogP contribution in [0.15, 0.2) is 33.3 Å². The van der Waals surface area contributed by atoms with Gasteiger partial charge in [0.05, 0.1) is 12.2 Å². The molecule has 0 unspecified atom stereocenters. The third-order valence-electron chi connectivity index (χ3n) is 2.50. The highest BCUT2D eigenvalue weighted by Crippen LogP contribution is 2.18. The lowest BCUT2D eigenvalue weighted by atomic mass is 10.1. The fourth-order valence-electron chi connectivity index (χ4n) is 1.62. The number of hydrogen-bond donors (Lipinski definition) is 1. The summed E-state index contributed by atoms with van der Waals surface area (Å²) in [6.45, 7) is 5.50. The number of benzene rings is 1. The molecule has 17 heavy (non-hydrogen) atoms. The number of nitrogens with one attached hydrogen (secondary N) is 1. The Kier molecular flexibility index (Phi) is 3.97. The molecule has 0 fully saturated rings. The van der Waals surface area contributed by atoms with Gasteiger partial charge in [0.15, 0.2) is 5.76 Å². The summed E-state index contributed by atoms with van der Waals surface area (Å²) in [5.74, 6) is 0.866. The minimum Gasteiger partial charge on any atom is -0.360 e. The van der Waals surface area contributed by atoms with Crippen LogP contribution in [0.1, 0.15) is 22.6 Å². The van der Waals surface area contributed by atoms with Gasteiger partial charge in [-0.25, -0.2) is 0 Å². The minimum atomic E-state index is 0.696. The second kappa shape index (κ2) is 5.47. The lowest BCUT2D eigenvalue weighted by molar-refractivity contribution is 0.369. The number of halogens is 1. The largest absolute Gasteiger partial charge is 0.360 e. The SMILES string of the molecule is Cc1ccc(CNCc2cc(C)no2)c(Br)c1. The van der Waals surface area contributed by atoms with E-state index in [2.05, 4.69) is 51.5 Å². The van der Waals surface area contributed by atoms with E-state index in [0.29, 0.717) is 6.54 Å². The van der Waals surface area contributed by atoms with Gasteiger partial charge in [0.1, 0.15) is 0 Å². The molecule has 2 aromatic rings. The molecule has 0 bridgehead atoms. The fourth-order valence-corrected chi connectivity index (χ4v) is 2.25. The summed E-state index contributed by atoms with van der Waals surface area (Å²) in [4.78, 5) is 0. The van der Waals surface area contributed by atoms with Crippen molar-refractivity contribution in [3.05, 3.63) is 51.3 Å². The van der Waals surface area contributed by atoms with E-state index in [4.69, 9.17) is 4.52 Å². The van der Waals surface area contributed by atoms with Gasteiger partial charge in [-0.05, 0) is 31.0 Å². The topological polar surface area (TPSA) is 38.1 Å². The van der Waals surface area contributed by atoms with Gasteiger partial charge in [-0.3, -0.25) is 0 Å². The van der Waals surface area contributed by atoms with Crippen molar-refractivity contribution in [2.45, 2.75) is 26.9 Å². The van der Waals surface area contributed by atoms with Crippen molar-refractivity contribution in [2.24, 2.45) is 0 Å². The quantitative estimate of drug-likeness (QED) is 0.940. The monoisotopic (exact) mass is 294 g/mol. The van der Waals surface area contributed by atoms with E-state index in [-0.39, 0.29) is 0 Å². The number of aromatic nitrogens is 1. The third kappa shape index (κ3) is 3.41. The van der Waals surface area contributed by atoms with Crippen molar-refractivity contribution in [3.8, 4) is 0 Å². The van der Waals surface area contributed by atoms with Gasteiger partial charge in [-0.1, -0.05) is 33.2 Å². The standard InChI is InChI=1S/C13H15BrN2O/c1-9-3-4-11(13(14)5-9)7-15-8-12-6-10(2)16-17-12/h3-6,15H,7-8H2,1-2H3. The van der Waals surface area contributed by atoms with Crippen LogP contribution in [0, 0.1) is 13.8 Å². The molecule has 90 valence electrons. The number of rotatable bonds is 4. The zero-order valence-electron chi connectivity index (χ0n) is 9.96. The molecule has 0 amide bonds. The second-order valence-electron chi connectivity index (χ2n) is 4.13. The van der Waals surface area contributed by atoms with E-state index >= 15 is 0 Å². The van der Waals surface area contributed by atoms with Gasteiger partial charge in [-0.2, -0.15) is 0 Å². The first-order valence-corrected chi connectivity index (χ1v) is 6.32. The zero-order chi connectivity index (χ0) is 12.3. The Balaban J connectivity index is 1.90. The average molecular weight is 295 g/mol. The van der Waals surface area contributed by atoms with E-state index in [1.807, 2.05) is 13.0 Å². The van der Waals surface area contributed by atoms with Gasteiger partial charge in [0.2, 0.25) is 0 Å². The van der Waals surface area contributed by atoms with E-state index in [9.17, 15) is 0 Å². The first-order valence-electron chi connectivity index (χ1n) is 5.53. The Morgan fingerprint density at radius 2 is 2.06 bits per heavy atom. The van der Waals surface area contributed by atoms with Crippen LogP contribution in [-0.4, -0.2) is 5.16 Å². The van der Waals surface area contributed by atoms with E-state index < -0.39 is 0 Å². The minimum absolute atomic E-state index is 0.696. The van der Waals surface area contributed by atoms with Gasteiger partial charge >= 0.3 is 0 Å². The molecule has 4 heteroatoms. The van der Waals surface area contributed by atoms with Crippen molar-refractivity contribution in [2.75, 3.05) is 0 Å². The molecule has 0 aliphatic rings. The van der Waals surface area contributed by atoms with Crippen LogP contribution in [0.2, 0.25) is 0 Å². The maximum atomic E-state index is 5.13. The number of nitrogens with zero attached hydrogens (tertiary/aromatic N) is 1. The summed E-state index contributed by atoms with van der Waals surface area (Å²) in [7, 11) is 0. The predicted octanol–water partition coefficient (Wildman–Crippen LogP) is 3.34. The van der Waals surface area contributed by atoms with Crippen LogP contribution in [0.3, 0.4) is 0 Å².